The number of rotatable bonds is 5. The Kier molecular flexibility index (Phi) is 6.21. The van der Waals surface area contributed by atoms with Crippen molar-refractivity contribution in [2.75, 3.05) is 45.9 Å². The lowest BCUT2D eigenvalue weighted by Crippen LogP contribution is -2.47. The van der Waals surface area contributed by atoms with E-state index >= 15 is 0 Å². The average molecular weight is 334 g/mol. The number of halogens is 1. The van der Waals surface area contributed by atoms with Gasteiger partial charge in [0.05, 0.1) is 19.8 Å². The molecule has 24 heavy (non-hydrogen) atoms. The van der Waals surface area contributed by atoms with E-state index in [0.29, 0.717) is 12.5 Å². The number of ether oxygens (including phenoxy) is 1. The smallest absolute Gasteiger partial charge is 0.236 e. The number of carbonyl (C=O) groups excluding carboxylic acids is 1. The standard InChI is InChI=1S/C19H27FN2O2/c20-18-7-5-16(6-8-18)3-4-17-2-1-9-22(14-17)19(23)15-21-10-12-24-13-11-21/h5-8,17H,1-4,9-15H2. The van der Waals surface area contributed by atoms with Gasteiger partial charge in [0.15, 0.2) is 0 Å². The van der Waals surface area contributed by atoms with Gasteiger partial charge in [-0.2, -0.15) is 0 Å². The fraction of sp³-hybridized carbons (Fsp3) is 0.632. The molecule has 2 heterocycles. The second-order valence-corrected chi connectivity index (χ2v) is 6.90. The van der Waals surface area contributed by atoms with E-state index in [1.54, 1.807) is 0 Å². The predicted molar refractivity (Wildman–Crippen MR) is 91.3 cm³/mol. The molecule has 0 spiro atoms. The van der Waals surface area contributed by atoms with Crippen molar-refractivity contribution in [3.05, 3.63) is 35.6 Å². The second-order valence-electron chi connectivity index (χ2n) is 6.90. The first-order valence-corrected chi connectivity index (χ1v) is 9.03. The van der Waals surface area contributed by atoms with E-state index in [-0.39, 0.29) is 11.7 Å². The van der Waals surface area contributed by atoms with Gasteiger partial charge in [-0.25, -0.2) is 4.39 Å². The molecule has 0 aliphatic carbocycles. The van der Waals surface area contributed by atoms with Gasteiger partial charge in [-0.05, 0) is 49.3 Å². The fourth-order valence-electron chi connectivity index (χ4n) is 3.60. The first-order valence-electron chi connectivity index (χ1n) is 9.03. The maximum atomic E-state index is 13.0. The lowest BCUT2D eigenvalue weighted by molar-refractivity contribution is -0.135. The van der Waals surface area contributed by atoms with Gasteiger partial charge < -0.3 is 9.64 Å². The van der Waals surface area contributed by atoms with E-state index in [2.05, 4.69) is 4.90 Å². The average Bonchev–Trinajstić information content (AvgIpc) is 2.62. The summed E-state index contributed by atoms with van der Waals surface area (Å²) >= 11 is 0. The van der Waals surface area contributed by atoms with Gasteiger partial charge in [-0.15, -0.1) is 0 Å². The lowest BCUT2D eigenvalue weighted by atomic mass is 9.91. The molecular formula is C19H27FN2O2. The molecule has 2 aliphatic heterocycles. The molecule has 4 nitrogen and oxygen atoms in total. The third kappa shape index (κ3) is 5.02. The highest BCUT2D eigenvalue weighted by Crippen LogP contribution is 2.22. The van der Waals surface area contributed by atoms with E-state index in [1.165, 1.54) is 24.1 Å². The lowest BCUT2D eigenvalue weighted by Gasteiger charge is -2.35. The maximum Gasteiger partial charge on any atom is 0.236 e. The van der Waals surface area contributed by atoms with E-state index in [0.717, 1.165) is 58.7 Å². The molecule has 0 saturated carbocycles. The largest absolute Gasteiger partial charge is 0.379 e. The summed E-state index contributed by atoms with van der Waals surface area (Å²) in [7, 11) is 0. The van der Waals surface area contributed by atoms with Crippen molar-refractivity contribution < 1.29 is 13.9 Å². The zero-order valence-electron chi connectivity index (χ0n) is 14.3. The topological polar surface area (TPSA) is 32.8 Å². The molecule has 0 radical (unpaired) electrons. The molecule has 3 rings (SSSR count). The molecule has 132 valence electrons. The minimum atomic E-state index is -0.184. The SMILES string of the molecule is O=C(CN1CCOCC1)N1CCCC(CCc2ccc(F)cc2)C1. The molecule has 2 aliphatic rings. The highest BCUT2D eigenvalue weighted by Gasteiger charge is 2.25. The normalized spacial score (nSPS) is 22.5. The summed E-state index contributed by atoms with van der Waals surface area (Å²) in [5.41, 5.74) is 1.17. The van der Waals surface area contributed by atoms with Gasteiger partial charge in [0.2, 0.25) is 5.91 Å². The number of amides is 1. The van der Waals surface area contributed by atoms with Crippen LogP contribution in [0.5, 0.6) is 0 Å². The van der Waals surface area contributed by atoms with Crippen molar-refractivity contribution in [3.63, 3.8) is 0 Å². The monoisotopic (exact) mass is 334 g/mol. The Balaban J connectivity index is 1.44. The minimum Gasteiger partial charge on any atom is -0.379 e. The zero-order chi connectivity index (χ0) is 16.8. The third-order valence-electron chi connectivity index (χ3n) is 5.09. The van der Waals surface area contributed by atoms with Crippen LogP contribution in [0, 0.1) is 11.7 Å². The van der Waals surface area contributed by atoms with Crippen molar-refractivity contribution in [1.29, 1.82) is 0 Å². The third-order valence-corrected chi connectivity index (χ3v) is 5.09. The summed E-state index contributed by atoms with van der Waals surface area (Å²) in [5, 5.41) is 0. The molecule has 1 amide bonds. The molecular weight excluding hydrogens is 307 g/mol. The van der Waals surface area contributed by atoms with E-state index < -0.39 is 0 Å². The van der Waals surface area contributed by atoms with Crippen LogP contribution < -0.4 is 0 Å². The summed E-state index contributed by atoms with van der Waals surface area (Å²) in [5.74, 6) is 0.622. The van der Waals surface area contributed by atoms with E-state index in [1.807, 2.05) is 17.0 Å². The van der Waals surface area contributed by atoms with Crippen molar-refractivity contribution in [1.82, 2.24) is 9.80 Å². The van der Waals surface area contributed by atoms with Gasteiger partial charge in [0, 0.05) is 26.2 Å². The summed E-state index contributed by atoms with van der Waals surface area (Å²) in [6.07, 6.45) is 4.29. The summed E-state index contributed by atoms with van der Waals surface area (Å²) in [6, 6.07) is 6.77. The van der Waals surface area contributed by atoms with E-state index in [4.69, 9.17) is 4.74 Å². The number of benzene rings is 1. The molecule has 0 N–H and O–H groups in total. The van der Waals surface area contributed by atoms with Crippen LogP contribution in [0.2, 0.25) is 0 Å². The predicted octanol–water partition coefficient (Wildman–Crippen LogP) is 2.33. The number of aryl methyl sites for hydroxylation is 1. The molecule has 2 fully saturated rings. The fourth-order valence-corrected chi connectivity index (χ4v) is 3.60. The Morgan fingerprint density at radius 2 is 1.92 bits per heavy atom. The summed E-state index contributed by atoms with van der Waals surface area (Å²) < 4.78 is 18.3. The number of nitrogens with zero attached hydrogens (tertiary/aromatic N) is 2. The molecule has 1 aromatic rings. The molecule has 5 heteroatoms. The number of likely N-dealkylation sites (tertiary alicyclic amines) is 1. The number of carbonyl (C=O) groups is 1. The zero-order valence-corrected chi connectivity index (χ0v) is 14.3. The number of morpholine rings is 1. The van der Waals surface area contributed by atoms with Crippen LogP contribution in [0.15, 0.2) is 24.3 Å². The maximum absolute atomic E-state index is 13.0. The second kappa shape index (κ2) is 8.58. The molecule has 1 unspecified atom stereocenters. The van der Waals surface area contributed by atoms with Gasteiger partial charge in [0.1, 0.15) is 5.82 Å². The van der Waals surface area contributed by atoms with Gasteiger partial charge in [-0.1, -0.05) is 12.1 Å². The Morgan fingerprint density at radius 3 is 2.67 bits per heavy atom. The summed E-state index contributed by atoms with van der Waals surface area (Å²) in [4.78, 5) is 16.7. The van der Waals surface area contributed by atoms with Crippen LogP contribution >= 0.6 is 0 Å². The first kappa shape index (κ1) is 17.4. The highest BCUT2D eigenvalue weighted by molar-refractivity contribution is 5.78. The van der Waals surface area contributed by atoms with Crippen LogP contribution in [0.25, 0.3) is 0 Å². The summed E-state index contributed by atoms with van der Waals surface area (Å²) in [6.45, 7) is 5.44. The van der Waals surface area contributed by atoms with Crippen LogP contribution in [0.1, 0.15) is 24.8 Å². The van der Waals surface area contributed by atoms with Gasteiger partial charge >= 0.3 is 0 Å². The van der Waals surface area contributed by atoms with Crippen molar-refractivity contribution >= 4 is 5.91 Å². The molecule has 0 bridgehead atoms. The molecule has 1 atom stereocenters. The molecule has 1 aromatic carbocycles. The Bertz CT molecular complexity index is 529. The number of hydrogen-bond acceptors (Lipinski definition) is 3. The minimum absolute atomic E-state index is 0.184. The number of hydrogen-bond donors (Lipinski definition) is 0. The number of piperidine rings is 1. The first-order chi connectivity index (χ1) is 11.7. The van der Waals surface area contributed by atoms with Crippen molar-refractivity contribution in [2.45, 2.75) is 25.7 Å². The van der Waals surface area contributed by atoms with Crippen LogP contribution in [-0.2, 0) is 16.0 Å². The molecule has 0 aromatic heterocycles. The Hall–Kier alpha value is -1.46. The van der Waals surface area contributed by atoms with Gasteiger partial charge in [-0.3, -0.25) is 9.69 Å². The van der Waals surface area contributed by atoms with Gasteiger partial charge in [0.25, 0.3) is 0 Å². The quantitative estimate of drug-likeness (QED) is 0.828. The van der Waals surface area contributed by atoms with E-state index in [9.17, 15) is 9.18 Å². The van der Waals surface area contributed by atoms with Crippen LogP contribution in [-0.4, -0.2) is 61.6 Å². The molecule has 2 saturated heterocycles. The van der Waals surface area contributed by atoms with Crippen molar-refractivity contribution in [2.24, 2.45) is 5.92 Å². The van der Waals surface area contributed by atoms with Crippen LogP contribution in [0.3, 0.4) is 0 Å². The Morgan fingerprint density at radius 1 is 1.17 bits per heavy atom. The Labute approximate surface area is 143 Å². The highest BCUT2D eigenvalue weighted by atomic mass is 19.1. The van der Waals surface area contributed by atoms with Crippen LogP contribution in [0.4, 0.5) is 4.39 Å². The van der Waals surface area contributed by atoms with Crippen molar-refractivity contribution in [3.8, 4) is 0 Å².